The zero-order valence-corrected chi connectivity index (χ0v) is 8.74. The van der Waals surface area contributed by atoms with Crippen LogP contribution in [0, 0.1) is 0 Å². The fourth-order valence-electron chi connectivity index (χ4n) is 1.59. The summed E-state index contributed by atoms with van der Waals surface area (Å²) in [6.07, 6.45) is 3.32. The molecule has 0 radical (unpaired) electrons. The van der Waals surface area contributed by atoms with Gasteiger partial charge in [-0.15, -0.1) is 0 Å². The molecule has 1 fully saturated rings. The molecular weight excluding hydrogens is 182 g/mol. The number of aliphatic hydroxyl groups is 1. The van der Waals surface area contributed by atoms with Crippen molar-refractivity contribution in [1.29, 1.82) is 0 Å². The molecule has 0 aromatic carbocycles. The minimum atomic E-state index is 0.00519. The van der Waals surface area contributed by atoms with Gasteiger partial charge < -0.3 is 14.7 Å². The highest BCUT2D eigenvalue weighted by molar-refractivity contribution is 5.77. The Balaban J connectivity index is 2.35. The standard InChI is InChI=1S/C10H19NO3/c1-2-14-8-10(13)11(6-7-12)9-4-3-5-9/h9,12H,2-8H2,1H3. The Morgan fingerprint density at radius 2 is 2.29 bits per heavy atom. The molecule has 1 amide bonds. The van der Waals surface area contributed by atoms with E-state index in [0.29, 0.717) is 19.2 Å². The first-order valence-electron chi connectivity index (χ1n) is 5.27. The topological polar surface area (TPSA) is 49.8 Å². The Morgan fingerprint density at radius 1 is 1.57 bits per heavy atom. The molecule has 4 nitrogen and oxygen atoms in total. The predicted molar refractivity (Wildman–Crippen MR) is 52.9 cm³/mol. The Bertz CT molecular complexity index is 180. The predicted octanol–water partition coefficient (Wildman–Crippen LogP) is 0.396. The summed E-state index contributed by atoms with van der Waals surface area (Å²) in [6.45, 7) is 3.05. The lowest BCUT2D eigenvalue weighted by molar-refractivity contribution is -0.140. The molecule has 0 atom stereocenters. The van der Waals surface area contributed by atoms with E-state index in [0.717, 1.165) is 12.8 Å². The molecule has 1 aliphatic rings. The average Bonchev–Trinajstić information content (AvgIpc) is 2.10. The normalized spacial score (nSPS) is 16.4. The van der Waals surface area contributed by atoms with Crippen LogP contribution in [0.1, 0.15) is 26.2 Å². The van der Waals surface area contributed by atoms with Crippen LogP contribution in [0.3, 0.4) is 0 Å². The summed E-state index contributed by atoms with van der Waals surface area (Å²) in [5.74, 6) is 0.00519. The lowest BCUT2D eigenvalue weighted by Gasteiger charge is -2.37. The largest absolute Gasteiger partial charge is 0.395 e. The van der Waals surface area contributed by atoms with Crippen molar-refractivity contribution < 1.29 is 14.6 Å². The first kappa shape index (κ1) is 11.5. The highest BCUT2D eigenvalue weighted by Gasteiger charge is 2.27. The van der Waals surface area contributed by atoms with E-state index in [1.54, 1.807) is 4.90 Å². The fourth-order valence-corrected chi connectivity index (χ4v) is 1.59. The molecule has 0 bridgehead atoms. The van der Waals surface area contributed by atoms with E-state index in [9.17, 15) is 4.79 Å². The van der Waals surface area contributed by atoms with Gasteiger partial charge in [0.2, 0.25) is 5.91 Å². The van der Waals surface area contributed by atoms with Crippen LogP contribution in [-0.4, -0.2) is 48.3 Å². The molecule has 0 aromatic rings. The van der Waals surface area contributed by atoms with Gasteiger partial charge in [-0.3, -0.25) is 4.79 Å². The molecule has 0 saturated heterocycles. The average molecular weight is 201 g/mol. The summed E-state index contributed by atoms with van der Waals surface area (Å²) < 4.78 is 5.07. The Hall–Kier alpha value is -0.610. The number of ether oxygens (including phenoxy) is 1. The second-order valence-electron chi connectivity index (χ2n) is 3.53. The van der Waals surface area contributed by atoms with E-state index >= 15 is 0 Å². The number of rotatable bonds is 6. The van der Waals surface area contributed by atoms with Crippen molar-refractivity contribution in [2.24, 2.45) is 0 Å². The number of hydrogen-bond donors (Lipinski definition) is 1. The van der Waals surface area contributed by atoms with Gasteiger partial charge in [0.15, 0.2) is 0 Å². The van der Waals surface area contributed by atoms with Crippen LogP contribution in [0.4, 0.5) is 0 Å². The van der Waals surface area contributed by atoms with Crippen molar-refractivity contribution >= 4 is 5.91 Å². The number of nitrogens with zero attached hydrogens (tertiary/aromatic N) is 1. The van der Waals surface area contributed by atoms with Gasteiger partial charge >= 0.3 is 0 Å². The first-order chi connectivity index (χ1) is 6.79. The van der Waals surface area contributed by atoms with Gasteiger partial charge in [-0.25, -0.2) is 0 Å². The van der Waals surface area contributed by atoms with Crippen molar-refractivity contribution in [1.82, 2.24) is 4.90 Å². The third kappa shape index (κ3) is 2.96. The summed E-state index contributed by atoms with van der Waals surface area (Å²) in [6, 6.07) is 0.343. The van der Waals surface area contributed by atoms with Crippen molar-refractivity contribution in [3.05, 3.63) is 0 Å². The zero-order chi connectivity index (χ0) is 10.4. The van der Waals surface area contributed by atoms with Gasteiger partial charge in [0.1, 0.15) is 6.61 Å². The monoisotopic (exact) mass is 201 g/mol. The van der Waals surface area contributed by atoms with E-state index < -0.39 is 0 Å². The minimum Gasteiger partial charge on any atom is -0.395 e. The first-order valence-corrected chi connectivity index (χ1v) is 5.27. The van der Waals surface area contributed by atoms with Crippen LogP contribution in [0.15, 0.2) is 0 Å². The van der Waals surface area contributed by atoms with Crippen LogP contribution in [-0.2, 0) is 9.53 Å². The van der Waals surface area contributed by atoms with Crippen molar-refractivity contribution in [2.45, 2.75) is 32.2 Å². The highest BCUT2D eigenvalue weighted by Crippen LogP contribution is 2.24. The summed E-state index contributed by atoms with van der Waals surface area (Å²) >= 11 is 0. The SMILES string of the molecule is CCOCC(=O)N(CCO)C1CCC1. The smallest absolute Gasteiger partial charge is 0.248 e. The van der Waals surface area contributed by atoms with Crippen molar-refractivity contribution in [3.63, 3.8) is 0 Å². The third-order valence-corrected chi connectivity index (χ3v) is 2.61. The van der Waals surface area contributed by atoms with Gasteiger partial charge in [-0.2, -0.15) is 0 Å². The molecule has 0 spiro atoms. The molecule has 4 heteroatoms. The quantitative estimate of drug-likeness (QED) is 0.676. The number of carbonyl (C=O) groups is 1. The molecule has 1 aliphatic carbocycles. The van der Waals surface area contributed by atoms with Crippen LogP contribution in [0.25, 0.3) is 0 Å². The second kappa shape index (κ2) is 5.98. The van der Waals surface area contributed by atoms with Crippen LogP contribution < -0.4 is 0 Å². The van der Waals surface area contributed by atoms with E-state index in [4.69, 9.17) is 9.84 Å². The lowest BCUT2D eigenvalue weighted by Crippen LogP contribution is -2.47. The minimum absolute atomic E-state index is 0.00519. The van der Waals surface area contributed by atoms with Crippen LogP contribution in [0.2, 0.25) is 0 Å². The molecule has 1 N–H and O–H groups in total. The van der Waals surface area contributed by atoms with Crippen molar-refractivity contribution in [2.75, 3.05) is 26.4 Å². The van der Waals surface area contributed by atoms with Gasteiger partial charge in [0.25, 0.3) is 0 Å². The van der Waals surface area contributed by atoms with Gasteiger partial charge in [-0.05, 0) is 26.2 Å². The van der Waals surface area contributed by atoms with E-state index in [-0.39, 0.29) is 19.1 Å². The number of amides is 1. The number of carbonyl (C=O) groups excluding carboxylic acids is 1. The number of hydrogen-bond acceptors (Lipinski definition) is 3. The van der Waals surface area contributed by atoms with Gasteiger partial charge in [0.05, 0.1) is 6.61 Å². The van der Waals surface area contributed by atoms with Gasteiger partial charge in [0, 0.05) is 19.2 Å². The van der Waals surface area contributed by atoms with Crippen molar-refractivity contribution in [3.8, 4) is 0 Å². The lowest BCUT2D eigenvalue weighted by atomic mass is 9.91. The Labute approximate surface area is 84.8 Å². The molecule has 0 aromatic heterocycles. The maximum atomic E-state index is 11.6. The Kier molecular flexibility index (Phi) is 4.90. The molecular formula is C10H19NO3. The second-order valence-corrected chi connectivity index (χ2v) is 3.53. The number of aliphatic hydroxyl groups excluding tert-OH is 1. The molecule has 1 rings (SSSR count). The molecule has 1 saturated carbocycles. The maximum absolute atomic E-state index is 11.6. The highest BCUT2D eigenvalue weighted by atomic mass is 16.5. The maximum Gasteiger partial charge on any atom is 0.248 e. The summed E-state index contributed by atoms with van der Waals surface area (Å²) in [5.41, 5.74) is 0. The zero-order valence-electron chi connectivity index (χ0n) is 8.74. The summed E-state index contributed by atoms with van der Waals surface area (Å²) in [4.78, 5) is 13.4. The Morgan fingerprint density at radius 3 is 2.71 bits per heavy atom. The van der Waals surface area contributed by atoms with E-state index in [1.807, 2.05) is 6.92 Å². The van der Waals surface area contributed by atoms with E-state index in [1.165, 1.54) is 6.42 Å². The molecule has 0 aliphatic heterocycles. The molecule has 0 unspecified atom stereocenters. The van der Waals surface area contributed by atoms with Crippen LogP contribution in [0.5, 0.6) is 0 Å². The fraction of sp³-hybridized carbons (Fsp3) is 0.900. The summed E-state index contributed by atoms with van der Waals surface area (Å²) in [5, 5.41) is 8.84. The molecule has 0 heterocycles. The third-order valence-electron chi connectivity index (χ3n) is 2.61. The summed E-state index contributed by atoms with van der Waals surface area (Å²) in [7, 11) is 0. The molecule has 14 heavy (non-hydrogen) atoms. The van der Waals surface area contributed by atoms with Crippen LogP contribution >= 0.6 is 0 Å². The van der Waals surface area contributed by atoms with E-state index in [2.05, 4.69) is 0 Å². The van der Waals surface area contributed by atoms with Gasteiger partial charge in [-0.1, -0.05) is 0 Å². The molecule has 82 valence electrons.